The van der Waals surface area contributed by atoms with E-state index in [0.29, 0.717) is 6.54 Å². The van der Waals surface area contributed by atoms with Crippen molar-refractivity contribution in [3.63, 3.8) is 0 Å². The summed E-state index contributed by atoms with van der Waals surface area (Å²) >= 11 is 0. The molecule has 1 aromatic heterocycles. The van der Waals surface area contributed by atoms with Crippen LogP contribution >= 0.6 is 0 Å². The van der Waals surface area contributed by atoms with Gasteiger partial charge < -0.3 is 5.32 Å². The Morgan fingerprint density at radius 1 is 1.20 bits per heavy atom. The first-order chi connectivity index (χ1) is 9.48. The quantitative estimate of drug-likeness (QED) is 0.855. The molecule has 0 saturated carbocycles. The van der Waals surface area contributed by atoms with E-state index < -0.39 is 11.9 Å². The highest BCUT2D eigenvalue weighted by atomic mass is 19.4. The minimum atomic E-state index is -4.37. The summed E-state index contributed by atoms with van der Waals surface area (Å²) in [5.41, 5.74) is 0.639. The molecule has 0 fully saturated rings. The zero-order valence-electron chi connectivity index (χ0n) is 11.1. The van der Waals surface area contributed by atoms with Gasteiger partial charge in [0, 0.05) is 19.2 Å². The maximum Gasteiger partial charge on any atom is 0.433 e. The second-order valence-electron chi connectivity index (χ2n) is 4.55. The molecule has 0 saturated heterocycles. The number of benzene rings is 1. The van der Waals surface area contributed by atoms with Crippen LogP contribution in [-0.4, -0.2) is 16.3 Å². The molecule has 1 N–H and O–H groups in total. The summed E-state index contributed by atoms with van der Waals surface area (Å²) in [6, 6.07) is 9.80. The Morgan fingerprint density at radius 2 is 1.90 bits per heavy atom. The average Bonchev–Trinajstić information content (AvgIpc) is 2.77. The molecule has 0 atom stereocenters. The van der Waals surface area contributed by atoms with E-state index in [1.54, 1.807) is 0 Å². The van der Waals surface area contributed by atoms with Crippen molar-refractivity contribution < 1.29 is 13.2 Å². The molecule has 0 aliphatic rings. The zero-order valence-corrected chi connectivity index (χ0v) is 11.1. The van der Waals surface area contributed by atoms with Crippen molar-refractivity contribution in [2.75, 3.05) is 6.54 Å². The van der Waals surface area contributed by atoms with Crippen LogP contribution in [0.25, 0.3) is 0 Å². The van der Waals surface area contributed by atoms with Crippen molar-refractivity contribution in [2.24, 2.45) is 7.05 Å². The molecule has 0 unspecified atom stereocenters. The van der Waals surface area contributed by atoms with E-state index >= 15 is 0 Å². The largest absolute Gasteiger partial charge is 0.433 e. The van der Waals surface area contributed by atoms with Crippen molar-refractivity contribution >= 4 is 0 Å². The van der Waals surface area contributed by atoms with Crippen LogP contribution in [0.1, 0.15) is 16.8 Å². The van der Waals surface area contributed by atoms with Crippen molar-refractivity contribution in [3.05, 3.63) is 53.3 Å². The Morgan fingerprint density at radius 3 is 2.55 bits per heavy atom. The Hall–Kier alpha value is -1.82. The number of aromatic nitrogens is 2. The van der Waals surface area contributed by atoms with E-state index in [4.69, 9.17) is 0 Å². The highest BCUT2D eigenvalue weighted by Crippen LogP contribution is 2.31. The first-order valence-corrected chi connectivity index (χ1v) is 6.31. The molecule has 0 aliphatic carbocycles. The van der Waals surface area contributed by atoms with Crippen LogP contribution in [0.15, 0.2) is 36.5 Å². The molecule has 0 spiro atoms. The summed E-state index contributed by atoms with van der Waals surface area (Å²) < 4.78 is 39.4. The van der Waals surface area contributed by atoms with Crippen LogP contribution in [-0.2, 0) is 26.2 Å². The maximum atomic E-state index is 12.8. The lowest BCUT2D eigenvalue weighted by molar-refractivity contribution is -0.144. The monoisotopic (exact) mass is 283 g/mol. The van der Waals surface area contributed by atoms with E-state index in [2.05, 4.69) is 10.4 Å². The lowest BCUT2D eigenvalue weighted by atomic mass is 10.1. The SMILES string of the molecule is Cn1ncc(CNCCc2ccccc2)c1C(F)(F)F. The minimum absolute atomic E-state index is 0.162. The lowest BCUT2D eigenvalue weighted by Crippen LogP contribution is -2.20. The molecule has 2 aromatic rings. The molecule has 6 heteroatoms. The molecule has 0 aliphatic heterocycles. The van der Waals surface area contributed by atoms with Gasteiger partial charge >= 0.3 is 6.18 Å². The van der Waals surface area contributed by atoms with Crippen LogP contribution < -0.4 is 5.32 Å². The standard InChI is InChI=1S/C14H16F3N3/c1-20-13(14(15,16)17)12(10-19-20)9-18-8-7-11-5-3-2-4-6-11/h2-6,10,18H,7-9H2,1H3. The van der Waals surface area contributed by atoms with Gasteiger partial charge in [0.2, 0.25) is 0 Å². The third-order valence-electron chi connectivity index (χ3n) is 3.03. The van der Waals surface area contributed by atoms with Gasteiger partial charge in [-0.3, -0.25) is 4.68 Å². The van der Waals surface area contributed by atoms with Gasteiger partial charge in [0.15, 0.2) is 0 Å². The number of nitrogens with zero attached hydrogens (tertiary/aromatic N) is 2. The molecule has 1 heterocycles. The summed E-state index contributed by atoms with van der Waals surface area (Å²) in [4.78, 5) is 0. The third-order valence-corrected chi connectivity index (χ3v) is 3.03. The van der Waals surface area contributed by atoms with Crippen LogP contribution in [0.2, 0.25) is 0 Å². The number of halogens is 3. The summed E-state index contributed by atoms with van der Waals surface area (Å²) in [6.45, 7) is 0.783. The molecule has 1 aromatic carbocycles. The molecule has 0 bridgehead atoms. The van der Waals surface area contributed by atoms with Crippen molar-refractivity contribution in [1.82, 2.24) is 15.1 Å². The molecule has 0 radical (unpaired) electrons. The molecular weight excluding hydrogens is 267 g/mol. The predicted molar refractivity (Wildman–Crippen MR) is 70.1 cm³/mol. The van der Waals surface area contributed by atoms with Crippen LogP contribution in [0.3, 0.4) is 0 Å². The Bertz CT molecular complexity index is 547. The smallest absolute Gasteiger partial charge is 0.312 e. The molecule has 0 amide bonds. The Kier molecular flexibility index (Phi) is 4.44. The maximum absolute atomic E-state index is 12.8. The van der Waals surface area contributed by atoms with Gasteiger partial charge in [-0.05, 0) is 18.5 Å². The number of hydrogen-bond acceptors (Lipinski definition) is 2. The molecular formula is C14H16F3N3. The lowest BCUT2D eigenvalue weighted by Gasteiger charge is -2.10. The van der Waals surface area contributed by atoms with E-state index in [0.717, 1.165) is 16.7 Å². The molecule has 2 rings (SSSR count). The fourth-order valence-electron chi connectivity index (χ4n) is 2.08. The van der Waals surface area contributed by atoms with Crippen molar-refractivity contribution in [2.45, 2.75) is 19.1 Å². The molecule has 3 nitrogen and oxygen atoms in total. The summed E-state index contributed by atoms with van der Waals surface area (Å²) in [5.74, 6) is 0. The first-order valence-electron chi connectivity index (χ1n) is 6.31. The number of nitrogens with one attached hydrogen (secondary N) is 1. The van der Waals surface area contributed by atoms with E-state index in [9.17, 15) is 13.2 Å². The number of aryl methyl sites for hydroxylation is 1. The molecule has 20 heavy (non-hydrogen) atoms. The zero-order chi connectivity index (χ0) is 14.6. The van der Waals surface area contributed by atoms with Crippen molar-refractivity contribution in [1.29, 1.82) is 0 Å². The van der Waals surface area contributed by atoms with Gasteiger partial charge in [0.05, 0.1) is 6.20 Å². The van der Waals surface area contributed by atoms with Crippen LogP contribution in [0.4, 0.5) is 13.2 Å². The second kappa shape index (κ2) is 6.09. The number of hydrogen-bond donors (Lipinski definition) is 1. The fraction of sp³-hybridized carbons (Fsp3) is 0.357. The average molecular weight is 283 g/mol. The van der Waals surface area contributed by atoms with E-state index in [1.165, 1.54) is 13.2 Å². The van der Waals surface area contributed by atoms with Gasteiger partial charge in [0.1, 0.15) is 5.69 Å². The van der Waals surface area contributed by atoms with Crippen molar-refractivity contribution in [3.8, 4) is 0 Å². The predicted octanol–water partition coefficient (Wildman–Crippen LogP) is 2.77. The fourth-order valence-corrected chi connectivity index (χ4v) is 2.08. The topological polar surface area (TPSA) is 29.9 Å². The van der Waals surface area contributed by atoms with Gasteiger partial charge in [-0.25, -0.2) is 0 Å². The third kappa shape index (κ3) is 3.60. The van der Waals surface area contributed by atoms with E-state index in [-0.39, 0.29) is 12.1 Å². The summed E-state index contributed by atoms with van der Waals surface area (Å²) in [6.07, 6.45) is -2.33. The second-order valence-corrected chi connectivity index (χ2v) is 4.55. The van der Waals surface area contributed by atoms with Crippen LogP contribution in [0, 0.1) is 0 Å². The van der Waals surface area contributed by atoms with Gasteiger partial charge in [-0.2, -0.15) is 18.3 Å². The number of alkyl halides is 3. The highest BCUT2D eigenvalue weighted by molar-refractivity contribution is 5.20. The number of rotatable bonds is 5. The Balaban J connectivity index is 1.89. The normalized spacial score (nSPS) is 11.8. The Labute approximate surface area is 115 Å². The molecule has 108 valence electrons. The van der Waals surface area contributed by atoms with Gasteiger partial charge in [-0.1, -0.05) is 30.3 Å². The van der Waals surface area contributed by atoms with Gasteiger partial charge in [-0.15, -0.1) is 0 Å². The van der Waals surface area contributed by atoms with Gasteiger partial charge in [0.25, 0.3) is 0 Å². The summed E-state index contributed by atoms with van der Waals surface area (Å²) in [7, 11) is 1.30. The highest BCUT2D eigenvalue weighted by Gasteiger charge is 2.36. The summed E-state index contributed by atoms with van der Waals surface area (Å²) in [5, 5.41) is 6.70. The van der Waals surface area contributed by atoms with E-state index in [1.807, 2.05) is 30.3 Å². The first kappa shape index (κ1) is 14.6. The minimum Gasteiger partial charge on any atom is -0.312 e. The van der Waals surface area contributed by atoms with Crippen LogP contribution in [0.5, 0.6) is 0 Å².